The molecule has 1 aromatic heterocycles. The van der Waals surface area contributed by atoms with Crippen LogP contribution in [0.1, 0.15) is 23.9 Å². The normalized spacial score (nSPS) is 10.8. The van der Waals surface area contributed by atoms with Gasteiger partial charge in [-0.2, -0.15) is 5.10 Å². The molecule has 0 amide bonds. The molecule has 1 aromatic carbocycles. The summed E-state index contributed by atoms with van der Waals surface area (Å²) in [5, 5.41) is 14.3. The van der Waals surface area contributed by atoms with Crippen LogP contribution in [0.2, 0.25) is 5.02 Å². The number of aliphatic hydroxyl groups is 1. The Bertz CT molecular complexity index is 613. The van der Waals surface area contributed by atoms with Crippen LogP contribution in [-0.4, -0.2) is 14.9 Å². The minimum atomic E-state index is -0.151. The molecular weight excluding hydrogens is 344 g/mol. The Morgan fingerprint density at radius 2 is 2.20 bits per heavy atom. The van der Waals surface area contributed by atoms with Gasteiger partial charge in [0.2, 0.25) is 0 Å². The number of benzene rings is 1. The van der Waals surface area contributed by atoms with Gasteiger partial charge in [-0.1, -0.05) is 17.7 Å². The third-order valence-electron chi connectivity index (χ3n) is 3.05. The van der Waals surface area contributed by atoms with Crippen molar-refractivity contribution in [2.75, 3.05) is 0 Å². The van der Waals surface area contributed by atoms with Crippen LogP contribution in [-0.2, 0) is 19.8 Å². The van der Waals surface area contributed by atoms with Crippen LogP contribution in [0, 0.1) is 6.92 Å². The zero-order chi connectivity index (χ0) is 14.7. The Labute approximate surface area is 131 Å². The fourth-order valence-corrected chi connectivity index (χ4v) is 2.60. The second-order valence-corrected chi connectivity index (χ2v) is 5.53. The van der Waals surface area contributed by atoms with Gasteiger partial charge in [0.1, 0.15) is 12.4 Å². The second-order valence-electron chi connectivity index (χ2n) is 4.33. The van der Waals surface area contributed by atoms with Crippen molar-refractivity contribution in [3.63, 3.8) is 0 Å². The lowest BCUT2D eigenvalue weighted by Gasteiger charge is -2.12. The predicted molar refractivity (Wildman–Crippen MR) is 82.0 cm³/mol. The maximum absolute atomic E-state index is 9.36. The molecule has 0 fully saturated rings. The number of ether oxygens (including phenoxy) is 1. The van der Waals surface area contributed by atoms with Gasteiger partial charge in [0.25, 0.3) is 0 Å². The first-order valence-electron chi connectivity index (χ1n) is 6.31. The first kappa shape index (κ1) is 15.4. The highest BCUT2D eigenvalue weighted by atomic mass is 79.9. The number of aryl methyl sites for hydroxylation is 2. The molecule has 0 saturated heterocycles. The Kier molecular flexibility index (Phi) is 5.07. The van der Waals surface area contributed by atoms with Crippen LogP contribution in [0.25, 0.3) is 0 Å². The average molecular weight is 360 g/mol. The molecule has 2 rings (SSSR count). The van der Waals surface area contributed by atoms with Crippen molar-refractivity contribution in [1.29, 1.82) is 0 Å². The predicted octanol–water partition coefficient (Wildman–Crippen LogP) is 3.70. The van der Waals surface area contributed by atoms with E-state index in [1.165, 1.54) is 0 Å². The maximum atomic E-state index is 9.36. The summed E-state index contributed by atoms with van der Waals surface area (Å²) >= 11 is 9.57. The van der Waals surface area contributed by atoms with E-state index in [1.807, 2.05) is 18.5 Å². The quantitative estimate of drug-likeness (QED) is 0.885. The lowest BCUT2D eigenvalue weighted by Crippen LogP contribution is -2.07. The van der Waals surface area contributed by atoms with Crippen molar-refractivity contribution in [3.05, 3.63) is 44.6 Å². The van der Waals surface area contributed by atoms with Crippen molar-refractivity contribution < 1.29 is 9.84 Å². The molecule has 20 heavy (non-hydrogen) atoms. The van der Waals surface area contributed by atoms with E-state index < -0.39 is 0 Å². The molecule has 2 aromatic rings. The van der Waals surface area contributed by atoms with Gasteiger partial charge >= 0.3 is 0 Å². The van der Waals surface area contributed by atoms with Gasteiger partial charge < -0.3 is 9.84 Å². The highest BCUT2D eigenvalue weighted by Crippen LogP contribution is 2.28. The van der Waals surface area contributed by atoms with Crippen LogP contribution in [0.4, 0.5) is 0 Å². The minimum absolute atomic E-state index is 0.151. The number of aliphatic hydroxyl groups excluding tert-OH is 1. The largest absolute Gasteiger partial charge is 0.487 e. The standard InChI is InChI=1S/C14H16BrClN2O2/c1-3-18-12(14(15)9(2)17-18)8-20-13-6-4-5-11(16)10(13)7-19/h4-6,19H,3,7-8H2,1-2H3. The van der Waals surface area contributed by atoms with E-state index in [0.717, 1.165) is 22.4 Å². The summed E-state index contributed by atoms with van der Waals surface area (Å²) < 4.78 is 8.64. The van der Waals surface area contributed by atoms with Crippen LogP contribution < -0.4 is 4.74 Å². The monoisotopic (exact) mass is 358 g/mol. The molecule has 1 heterocycles. The van der Waals surface area contributed by atoms with E-state index in [0.29, 0.717) is 22.9 Å². The summed E-state index contributed by atoms with van der Waals surface area (Å²) in [6.07, 6.45) is 0. The molecule has 0 radical (unpaired) electrons. The van der Waals surface area contributed by atoms with Crippen LogP contribution in [0.3, 0.4) is 0 Å². The van der Waals surface area contributed by atoms with Gasteiger partial charge in [-0.15, -0.1) is 0 Å². The smallest absolute Gasteiger partial charge is 0.131 e. The van der Waals surface area contributed by atoms with Gasteiger partial charge in [-0.25, -0.2) is 0 Å². The number of nitrogens with zero attached hydrogens (tertiary/aromatic N) is 2. The molecule has 0 aliphatic rings. The lowest BCUT2D eigenvalue weighted by molar-refractivity contribution is 0.254. The third kappa shape index (κ3) is 3.00. The maximum Gasteiger partial charge on any atom is 0.131 e. The third-order valence-corrected chi connectivity index (χ3v) is 4.44. The van der Waals surface area contributed by atoms with Gasteiger partial charge in [-0.3, -0.25) is 4.68 Å². The molecule has 0 aliphatic heterocycles. The van der Waals surface area contributed by atoms with E-state index in [9.17, 15) is 5.11 Å². The summed E-state index contributed by atoms with van der Waals surface area (Å²) in [5.41, 5.74) is 2.50. The van der Waals surface area contributed by atoms with E-state index in [4.69, 9.17) is 16.3 Å². The molecule has 6 heteroatoms. The Balaban J connectivity index is 2.23. The zero-order valence-electron chi connectivity index (χ0n) is 11.4. The minimum Gasteiger partial charge on any atom is -0.487 e. The van der Waals surface area contributed by atoms with Crippen LogP contribution in [0.15, 0.2) is 22.7 Å². The number of rotatable bonds is 5. The molecule has 0 bridgehead atoms. The van der Waals surface area contributed by atoms with Crippen molar-refractivity contribution in [1.82, 2.24) is 9.78 Å². The summed E-state index contributed by atoms with van der Waals surface area (Å²) in [7, 11) is 0. The molecule has 1 N–H and O–H groups in total. The van der Waals surface area contributed by atoms with E-state index in [1.54, 1.807) is 18.2 Å². The molecular formula is C14H16BrClN2O2. The average Bonchev–Trinajstić information content (AvgIpc) is 2.72. The molecule has 4 nitrogen and oxygen atoms in total. The number of halogens is 2. The lowest BCUT2D eigenvalue weighted by atomic mass is 10.2. The van der Waals surface area contributed by atoms with Crippen LogP contribution in [0.5, 0.6) is 5.75 Å². The summed E-state index contributed by atoms with van der Waals surface area (Å²) in [5.74, 6) is 0.591. The number of hydrogen-bond acceptors (Lipinski definition) is 3. The summed E-state index contributed by atoms with van der Waals surface area (Å²) in [4.78, 5) is 0. The SMILES string of the molecule is CCn1nc(C)c(Br)c1COc1cccc(Cl)c1CO. The van der Waals surface area contributed by atoms with Gasteiger partial charge in [0, 0.05) is 17.1 Å². The Hall–Kier alpha value is -1.04. The number of hydrogen-bond donors (Lipinski definition) is 1. The van der Waals surface area contributed by atoms with Crippen molar-refractivity contribution in [2.45, 2.75) is 33.6 Å². The Morgan fingerprint density at radius 3 is 2.85 bits per heavy atom. The first-order chi connectivity index (χ1) is 9.58. The van der Waals surface area contributed by atoms with Gasteiger partial charge in [0.15, 0.2) is 0 Å². The fourth-order valence-electron chi connectivity index (χ4n) is 1.98. The first-order valence-corrected chi connectivity index (χ1v) is 7.48. The summed E-state index contributed by atoms with van der Waals surface area (Å²) in [6.45, 7) is 4.96. The van der Waals surface area contributed by atoms with E-state index in [-0.39, 0.29) is 6.61 Å². The molecule has 0 atom stereocenters. The molecule has 0 saturated carbocycles. The van der Waals surface area contributed by atoms with Crippen molar-refractivity contribution in [2.24, 2.45) is 0 Å². The molecule has 0 aliphatic carbocycles. The highest BCUT2D eigenvalue weighted by Gasteiger charge is 2.14. The molecule has 0 unspecified atom stereocenters. The molecule has 108 valence electrons. The van der Waals surface area contributed by atoms with E-state index >= 15 is 0 Å². The topological polar surface area (TPSA) is 47.3 Å². The Morgan fingerprint density at radius 1 is 1.45 bits per heavy atom. The highest BCUT2D eigenvalue weighted by molar-refractivity contribution is 9.10. The van der Waals surface area contributed by atoms with Crippen molar-refractivity contribution in [3.8, 4) is 5.75 Å². The summed E-state index contributed by atoms with van der Waals surface area (Å²) in [6, 6.07) is 5.33. The fraction of sp³-hybridized carbons (Fsp3) is 0.357. The number of aromatic nitrogens is 2. The zero-order valence-corrected chi connectivity index (χ0v) is 13.7. The second kappa shape index (κ2) is 6.61. The van der Waals surface area contributed by atoms with Crippen molar-refractivity contribution >= 4 is 27.5 Å². The van der Waals surface area contributed by atoms with Gasteiger partial charge in [0.05, 0.1) is 22.5 Å². The van der Waals surface area contributed by atoms with Crippen LogP contribution >= 0.6 is 27.5 Å². The van der Waals surface area contributed by atoms with Gasteiger partial charge in [-0.05, 0) is 41.9 Å². The van der Waals surface area contributed by atoms with E-state index in [2.05, 4.69) is 21.0 Å². The molecule has 0 spiro atoms.